The van der Waals surface area contributed by atoms with Gasteiger partial charge in [0.25, 0.3) is 5.97 Å². The Bertz CT molecular complexity index is 215. The van der Waals surface area contributed by atoms with Crippen LogP contribution in [0.3, 0.4) is 0 Å². The molecule has 0 aliphatic rings. The lowest BCUT2D eigenvalue weighted by Gasteiger charge is -2.28. The van der Waals surface area contributed by atoms with Gasteiger partial charge in [0.15, 0.2) is 0 Å². The fourth-order valence-corrected chi connectivity index (χ4v) is 2.85. The van der Waals surface area contributed by atoms with Crippen molar-refractivity contribution in [1.82, 2.24) is 0 Å². The molecule has 0 aliphatic heterocycles. The normalized spacial score (nSPS) is 13.5. The molecular weight excluding hydrogens is 280 g/mol. The van der Waals surface area contributed by atoms with E-state index in [9.17, 15) is 0 Å². The molecule has 1 unspecified atom stereocenters. The molecule has 0 N–H and O–H groups in total. The molecule has 0 aromatic carbocycles. The van der Waals surface area contributed by atoms with E-state index < -0.39 is 5.97 Å². The second kappa shape index (κ2) is 14.4. The third-order valence-corrected chi connectivity index (χ3v) is 4.21. The second-order valence-corrected chi connectivity index (χ2v) is 5.82. The predicted molar refractivity (Wildman–Crippen MR) is 91.0 cm³/mol. The van der Waals surface area contributed by atoms with E-state index in [1.807, 2.05) is 0 Å². The minimum Gasteiger partial charge on any atom is -0.379 e. The molecule has 0 rings (SSSR count). The van der Waals surface area contributed by atoms with E-state index >= 15 is 0 Å². The standard InChI is InChI=1S/C18H38O4/c1-6-14-17(22-7-2)15-12-10-8-9-11-13-16-18(19-3,20-4)21-5/h17H,6-16H2,1-5H3. The van der Waals surface area contributed by atoms with E-state index in [0.29, 0.717) is 6.10 Å². The molecular formula is C18H38O4. The molecule has 1 atom stereocenters. The molecule has 0 aromatic heterocycles. The molecule has 134 valence electrons. The number of hydrogen-bond donors (Lipinski definition) is 0. The lowest BCUT2D eigenvalue weighted by molar-refractivity contribution is -0.355. The monoisotopic (exact) mass is 318 g/mol. The molecule has 22 heavy (non-hydrogen) atoms. The predicted octanol–water partition coefficient (Wildman–Crippen LogP) is 4.91. The molecule has 0 aromatic rings. The Hall–Kier alpha value is -0.160. The minimum absolute atomic E-state index is 0.473. The first-order valence-corrected chi connectivity index (χ1v) is 8.95. The number of methoxy groups -OCH3 is 3. The number of hydrogen-bond acceptors (Lipinski definition) is 4. The van der Waals surface area contributed by atoms with Gasteiger partial charge in [0, 0.05) is 34.4 Å². The average Bonchev–Trinajstić information content (AvgIpc) is 2.54. The Balaban J connectivity index is 3.57. The van der Waals surface area contributed by atoms with Gasteiger partial charge in [0.1, 0.15) is 0 Å². The summed E-state index contributed by atoms with van der Waals surface area (Å²) < 4.78 is 21.6. The van der Waals surface area contributed by atoms with Crippen LogP contribution in [0.1, 0.15) is 78.1 Å². The van der Waals surface area contributed by atoms with Gasteiger partial charge in [-0.25, -0.2) is 0 Å². The summed E-state index contributed by atoms with van der Waals surface area (Å²) in [7, 11) is 4.87. The van der Waals surface area contributed by atoms with E-state index in [1.165, 1.54) is 51.4 Å². The zero-order valence-electron chi connectivity index (χ0n) is 15.5. The van der Waals surface area contributed by atoms with Crippen LogP contribution in [0, 0.1) is 0 Å². The molecule has 0 aliphatic carbocycles. The van der Waals surface area contributed by atoms with E-state index in [1.54, 1.807) is 21.3 Å². The van der Waals surface area contributed by atoms with E-state index in [2.05, 4.69) is 13.8 Å². The first kappa shape index (κ1) is 21.8. The van der Waals surface area contributed by atoms with Crippen LogP contribution in [0.4, 0.5) is 0 Å². The number of ether oxygens (including phenoxy) is 4. The van der Waals surface area contributed by atoms with Gasteiger partial charge in [-0.1, -0.05) is 45.4 Å². The summed E-state index contributed by atoms with van der Waals surface area (Å²) in [5.41, 5.74) is 0. The van der Waals surface area contributed by atoms with Crippen LogP contribution in [-0.2, 0) is 18.9 Å². The maximum Gasteiger partial charge on any atom is 0.282 e. The number of unbranched alkanes of at least 4 members (excludes halogenated alkanes) is 5. The summed E-state index contributed by atoms with van der Waals surface area (Å²) in [6.45, 7) is 5.15. The summed E-state index contributed by atoms with van der Waals surface area (Å²) in [4.78, 5) is 0. The molecule has 0 saturated carbocycles. The largest absolute Gasteiger partial charge is 0.379 e. The van der Waals surface area contributed by atoms with Crippen LogP contribution in [0.2, 0.25) is 0 Å². The SMILES string of the molecule is CCCC(CCCCCCCCC(OC)(OC)OC)OCC. The van der Waals surface area contributed by atoms with Gasteiger partial charge < -0.3 is 18.9 Å². The molecule has 0 saturated heterocycles. The summed E-state index contributed by atoms with van der Waals surface area (Å²) >= 11 is 0. The minimum atomic E-state index is -0.856. The van der Waals surface area contributed by atoms with Crippen LogP contribution < -0.4 is 0 Å². The maximum atomic E-state index is 5.76. The van der Waals surface area contributed by atoms with Gasteiger partial charge >= 0.3 is 0 Å². The van der Waals surface area contributed by atoms with Gasteiger partial charge in [0.2, 0.25) is 0 Å². The van der Waals surface area contributed by atoms with Gasteiger partial charge in [0.05, 0.1) is 6.10 Å². The van der Waals surface area contributed by atoms with E-state index in [-0.39, 0.29) is 0 Å². The zero-order chi connectivity index (χ0) is 16.7. The van der Waals surface area contributed by atoms with E-state index in [0.717, 1.165) is 19.4 Å². The van der Waals surface area contributed by atoms with Crippen LogP contribution in [0.5, 0.6) is 0 Å². The van der Waals surface area contributed by atoms with Crippen molar-refractivity contribution in [2.45, 2.75) is 90.1 Å². The van der Waals surface area contributed by atoms with Crippen molar-refractivity contribution in [3.63, 3.8) is 0 Å². The molecule has 0 heterocycles. The highest BCUT2D eigenvalue weighted by molar-refractivity contribution is 4.59. The molecule has 0 fully saturated rings. The first-order chi connectivity index (χ1) is 10.7. The van der Waals surface area contributed by atoms with Crippen molar-refractivity contribution in [2.24, 2.45) is 0 Å². The second-order valence-electron chi connectivity index (χ2n) is 5.82. The van der Waals surface area contributed by atoms with Crippen molar-refractivity contribution in [1.29, 1.82) is 0 Å². The highest BCUT2D eigenvalue weighted by Gasteiger charge is 2.28. The zero-order valence-corrected chi connectivity index (χ0v) is 15.5. The fraction of sp³-hybridized carbons (Fsp3) is 1.00. The Morgan fingerprint density at radius 1 is 0.727 bits per heavy atom. The van der Waals surface area contributed by atoms with Crippen molar-refractivity contribution < 1.29 is 18.9 Å². The highest BCUT2D eigenvalue weighted by Crippen LogP contribution is 2.21. The summed E-state index contributed by atoms with van der Waals surface area (Å²) in [5, 5.41) is 0. The van der Waals surface area contributed by atoms with Crippen LogP contribution in [0.15, 0.2) is 0 Å². The summed E-state index contributed by atoms with van der Waals surface area (Å²) in [5.74, 6) is -0.856. The van der Waals surface area contributed by atoms with Crippen molar-refractivity contribution >= 4 is 0 Å². The third-order valence-electron chi connectivity index (χ3n) is 4.21. The van der Waals surface area contributed by atoms with E-state index in [4.69, 9.17) is 18.9 Å². The van der Waals surface area contributed by atoms with Gasteiger partial charge in [-0.2, -0.15) is 0 Å². The third kappa shape index (κ3) is 9.78. The lowest BCUT2D eigenvalue weighted by Crippen LogP contribution is -2.35. The topological polar surface area (TPSA) is 36.9 Å². The van der Waals surface area contributed by atoms with Crippen molar-refractivity contribution in [3.05, 3.63) is 0 Å². The van der Waals surface area contributed by atoms with Crippen molar-refractivity contribution in [2.75, 3.05) is 27.9 Å². The molecule has 4 heteroatoms. The molecule has 0 amide bonds. The number of rotatable bonds is 16. The Labute approximate surface area is 137 Å². The molecule has 0 bridgehead atoms. The Morgan fingerprint density at radius 2 is 1.27 bits per heavy atom. The average molecular weight is 318 g/mol. The molecule has 0 spiro atoms. The summed E-state index contributed by atoms with van der Waals surface area (Å²) in [6, 6.07) is 0. The Morgan fingerprint density at radius 3 is 1.77 bits per heavy atom. The van der Waals surface area contributed by atoms with Crippen LogP contribution >= 0.6 is 0 Å². The maximum absolute atomic E-state index is 5.76. The lowest BCUT2D eigenvalue weighted by atomic mass is 10.0. The highest BCUT2D eigenvalue weighted by atomic mass is 16.9. The van der Waals surface area contributed by atoms with Gasteiger partial charge in [-0.3, -0.25) is 0 Å². The van der Waals surface area contributed by atoms with Crippen molar-refractivity contribution in [3.8, 4) is 0 Å². The smallest absolute Gasteiger partial charge is 0.282 e. The fourth-order valence-electron chi connectivity index (χ4n) is 2.85. The molecule has 0 radical (unpaired) electrons. The summed E-state index contributed by atoms with van der Waals surface area (Å²) in [6.07, 6.45) is 12.3. The Kier molecular flexibility index (Phi) is 14.3. The van der Waals surface area contributed by atoms with Crippen LogP contribution in [-0.4, -0.2) is 40.0 Å². The van der Waals surface area contributed by atoms with Crippen LogP contribution in [0.25, 0.3) is 0 Å². The van der Waals surface area contributed by atoms with Gasteiger partial charge in [-0.05, 0) is 26.2 Å². The quantitative estimate of drug-likeness (QED) is 0.299. The molecule has 4 nitrogen and oxygen atoms in total. The first-order valence-electron chi connectivity index (χ1n) is 8.95. The van der Waals surface area contributed by atoms with Gasteiger partial charge in [-0.15, -0.1) is 0 Å².